The summed E-state index contributed by atoms with van der Waals surface area (Å²) in [5.74, 6) is 0.795. The zero-order valence-electron chi connectivity index (χ0n) is 17.5. The van der Waals surface area contributed by atoms with Crippen LogP contribution in [-0.4, -0.2) is 18.4 Å². The maximum absolute atomic E-state index is 12.7. The predicted octanol–water partition coefficient (Wildman–Crippen LogP) is 5.09. The van der Waals surface area contributed by atoms with E-state index in [-0.39, 0.29) is 23.7 Å². The summed E-state index contributed by atoms with van der Waals surface area (Å²) in [4.78, 5) is 25.2. The van der Waals surface area contributed by atoms with Crippen molar-refractivity contribution in [1.29, 1.82) is 0 Å². The van der Waals surface area contributed by atoms with Crippen LogP contribution in [0.5, 0.6) is 5.75 Å². The first-order chi connectivity index (χ1) is 14.0. The lowest BCUT2D eigenvalue weighted by atomic mass is 9.81. The molecule has 2 N–H and O–H groups in total. The maximum Gasteiger partial charge on any atom is 0.227 e. The fraction of sp³-hybridized carbons (Fsp3) is 0.417. The first-order valence-corrected chi connectivity index (χ1v) is 10.4. The molecular formula is C24H30N2O3. The number of carbonyl (C=O) groups is 2. The van der Waals surface area contributed by atoms with E-state index in [1.807, 2.05) is 63.2 Å². The molecule has 5 heteroatoms. The second-order valence-electron chi connectivity index (χ2n) is 7.73. The van der Waals surface area contributed by atoms with Crippen LogP contribution in [0.25, 0.3) is 0 Å². The fourth-order valence-corrected chi connectivity index (χ4v) is 3.78. The number of ether oxygens (including phenoxy) is 1. The monoisotopic (exact) mass is 394 g/mol. The van der Waals surface area contributed by atoms with Crippen LogP contribution >= 0.6 is 0 Å². The van der Waals surface area contributed by atoms with Gasteiger partial charge >= 0.3 is 0 Å². The van der Waals surface area contributed by atoms with E-state index in [0.29, 0.717) is 6.61 Å². The highest BCUT2D eigenvalue weighted by Gasteiger charge is 2.30. The number of nitrogens with one attached hydrogen (secondary N) is 2. The Labute approximate surface area is 172 Å². The number of aryl methyl sites for hydroxylation is 1. The van der Waals surface area contributed by atoms with Gasteiger partial charge in [-0.2, -0.15) is 0 Å². The predicted molar refractivity (Wildman–Crippen MR) is 116 cm³/mol. The highest BCUT2D eigenvalue weighted by Crippen LogP contribution is 2.31. The number of benzene rings is 2. The largest absolute Gasteiger partial charge is 0.494 e. The van der Waals surface area contributed by atoms with Gasteiger partial charge in [-0.05, 0) is 87.9 Å². The van der Waals surface area contributed by atoms with Gasteiger partial charge in [0.05, 0.1) is 6.61 Å². The molecule has 0 radical (unpaired) electrons. The summed E-state index contributed by atoms with van der Waals surface area (Å²) in [5, 5.41) is 6.05. The molecule has 2 aromatic rings. The summed E-state index contributed by atoms with van der Waals surface area (Å²) in [6.07, 6.45) is 2.93. The van der Waals surface area contributed by atoms with Crippen LogP contribution in [0.1, 0.15) is 43.7 Å². The molecule has 5 nitrogen and oxygen atoms in total. The minimum atomic E-state index is -0.0497. The number of amides is 2. The highest BCUT2D eigenvalue weighted by atomic mass is 16.5. The van der Waals surface area contributed by atoms with E-state index in [1.54, 1.807) is 0 Å². The molecular weight excluding hydrogens is 364 g/mol. The van der Waals surface area contributed by atoms with Crippen molar-refractivity contribution in [3.05, 3.63) is 53.6 Å². The van der Waals surface area contributed by atoms with E-state index in [0.717, 1.165) is 53.9 Å². The average Bonchev–Trinajstić information content (AvgIpc) is 2.73. The molecule has 2 amide bonds. The van der Waals surface area contributed by atoms with Crippen LogP contribution in [0.3, 0.4) is 0 Å². The third-order valence-electron chi connectivity index (χ3n) is 5.76. The first-order valence-electron chi connectivity index (χ1n) is 10.4. The summed E-state index contributed by atoms with van der Waals surface area (Å²) >= 11 is 0. The van der Waals surface area contributed by atoms with Crippen LogP contribution in [0.2, 0.25) is 0 Å². The molecule has 0 bridgehead atoms. The van der Waals surface area contributed by atoms with Crippen molar-refractivity contribution in [1.82, 2.24) is 0 Å². The Morgan fingerprint density at radius 2 is 1.48 bits per heavy atom. The lowest BCUT2D eigenvalue weighted by molar-refractivity contribution is -0.125. The zero-order chi connectivity index (χ0) is 20.8. The molecule has 154 valence electrons. The maximum atomic E-state index is 12.7. The van der Waals surface area contributed by atoms with Gasteiger partial charge in [-0.3, -0.25) is 9.59 Å². The molecule has 0 saturated heterocycles. The number of hydrogen-bond donors (Lipinski definition) is 2. The van der Waals surface area contributed by atoms with E-state index >= 15 is 0 Å². The van der Waals surface area contributed by atoms with Crippen LogP contribution in [0, 0.1) is 25.7 Å². The molecule has 1 aliphatic rings. The van der Waals surface area contributed by atoms with Crippen molar-refractivity contribution in [2.75, 3.05) is 17.2 Å². The van der Waals surface area contributed by atoms with Gasteiger partial charge in [0, 0.05) is 23.2 Å². The SMILES string of the molecule is CCOc1ccc(NC(=O)C2CCC(C(=O)Nc3cccc(C)c3C)CC2)cc1. The summed E-state index contributed by atoms with van der Waals surface area (Å²) in [7, 11) is 0. The molecule has 0 spiro atoms. The summed E-state index contributed by atoms with van der Waals surface area (Å²) in [6, 6.07) is 13.4. The Morgan fingerprint density at radius 1 is 0.897 bits per heavy atom. The average molecular weight is 395 g/mol. The van der Waals surface area contributed by atoms with Crippen molar-refractivity contribution >= 4 is 23.2 Å². The number of hydrogen-bond acceptors (Lipinski definition) is 3. The van der Waals surface area contributed by atoms with Crippen molar-refractivity contribution in [2.45, 2.75) is 46.5 Å². The van der Waals surface area contributed by atoms with Crippen LogP contribution < -0.4 is 15.4 Å². The van der Waals surface area contributed by atoms with Gasteiger partial charge in [0.1, 0.15) is 5.75 Å². The van der Waals surface area contributed by atoms with Gasteiger partial charge in [0.2, 0.25) is 11.8 Å². The molecule has 1 saturated carbocycles. The second kappa shape index (κ2) is 9.59. The molecule has 2 aromatic carbocycles. The van der Waals surface area contributed by atoms with E-state index in [9.17, 15) is 9.59 Å². The zero-order valence-corrected chi connectivity index (χ0v) is 17.5. The highest BCUT2D eigenvalue weighted by molar-refractivity contribution is 5.95. The van der Waals surface area contributed by atoms with Crippen LogP contribution in [0.15, 0.2) is 42.5 Å². The molecule has 0 aromatic heterocycles. The molecule has 1 aliphatic carbocycles. The molecule has 3 rings (SSSR count). The smallest absolute Gasteiger partial charge is 0.227 e. The van der Waals surface area contributed by atoms with Crippen molar-refractivity contribution < 1.29 is 14.3 Å². The third kappa shape index (κ3) is 5.37. The van der Waals surface area contributed by atoms with E-state index in [1.165, 1.54) is 0 Å². The van der Waals surface area contributed by atoms with Gasteiger partial charge in [-0.25, -0.2) is 0 Å². The van der Waals surface area contributed by atoms with E-state index in [4.69, 9.17) is 4.74 Å². The Kier molecular flexibility index (Phi) is 6.91. The fourth-order valence-electron chi connectivity index (χ4n) is 3.78. The Morgan fingerprint density at radius 3 is 2.07 bits per heavy atom. The van der Waals surface area contributed by atoms with Gasteiger partial charge in [-0.1, -0.05) is 12.1 Å². The number of anilines is 2. The molecule has 0 unspecified atom stereocenters. The molecule has 0 atom stereocenters. The summed E-state index contributed by atoms with van der Waals surface area (Å²) < 4.78 is 5.42. The van der Waals surface area contributed by atoms with Crippen LogP contribution in [0.4, 0.5) is 11.4 Å². The second-order valence-corrected chi connectivity index (χ2v) is 7.73. The van der Waals surface area contributed by atoms with Gasteiger partial charge in [0.25, 0.3) is 0 Å². The third-order valence-corrected chi connectivity index (χ3v) is 5.76. The minimum Gasteiger partial charge on any atom is -0.494 e. The molecule has 29 heavy (non-hydrogen) atoms. The quantitative estimate of drug-likeness (QED) is 0.717. The lowest BCUT2D eigenvalue weighted by Gasteiger charge is -2.27. The van der Waals surface area contributed by atoms with Gasteiger partial charge in [-0.15, -0.1) is 0 Å². The topological polar surface area (TPSA) is 67.4 Å². The lowest BCUT2D eigenvalue weighted by Crippen LogP contribution is -2.32. The number of carbonyl (C=O) groups excluding carboxylic acids is 2. The first kappa shape index (κ1) is 20.9. The standard InChI is InChI=1S/C24H30N2O3/c1-4-29-21-14-12-20(13-15-21)25-23(27)18-8-10-19(11-9-18)24(28)26-22-7-5-6-16(2)17(22)3/h5-7,12-15,18-19H,4,8-11H2,1-3H3,(H,25,27)(H,26,28). The van der Waals surface area contributed by atoms with Gasteiger partial charge in [0.15, 0.2) is 0 Å². The molecule has 0 aliphatic heterocycles. The number of rotatable bonds is 6. The van der Waals surface area contributed by atoms with Crippen molar-refractivity contribution in [3.8, 4) is 5.75 Å². The Bertz CT molecular complexity index is 853. The summed E-state index contributed by atoms with van der Waals surface area (Å²) in [6.45, 7) is 6.62. The van der Waals surface area contributed by atoms with E-state index < -0.39 is 0 Å². The van der Waals surface area contributed by atoms with Crippen molar-refractivity contribution in [2.24, 2.45) is 11.8 Å². The summed E-state index contributed by atoms with van der Waals surface area (Å²) in [5.41, 5.74) is 3.92. The molecule has 1 fully saturated rings. The van der Waals surface area contributed by atoms with Gasteiger partial charge < -0.3 is 15.4 Å². The molecule has 0 heterocycles. The Balaban J connectivity index is 1.49. The van der Waals surface area contributed by atoms with E-state index in [2.05, 4.69) is 10.6 Å². The normalized spacial score (nSPS) is 18.7. The van der Waals surface area contributed by atoms with Crippen molar-refractivity contribution in [3.63, 3.8) is 0 Å². The van der Waals surface area contributed by atoms with Crippen LogP contribution in [-0.2, 0) is 9.59 Å². The Hall–Kier alpha value is -2.82. The minimum absolute atomic E-state index is 0.0301.